The van der Waals surface area contributed by atoms with Crippen LogP contribution in [0.15, 0.2) is 24.3 Å². The predicted molar refractivity (Wildman–Crippen MR) is 71.9 cm³/mol. The normalized spacial score (nSPS) is 14.2. The Labute approximate surface area is 109 Å². The Balaban J connectivity index is 2.64. The third-order valence-electron chi connectivity index (χ3n) is 2.74. The van der Waals surface area contributed by atoms with E-state index in [2.05, 4.69) is 5.32 Å². The molecule has 0 aliphatic heterocycles. The molecular formula is C14H23NO3. The molecule has 4 heteroatoms. The van der Waals surface area contributed by atoms with Gasteiger partial charge < -0.3 is 19.9 Å². The number of aliphatic hydroxyl groups excluding tert-OH is 1. The molecule has 0 fully saturated rings. The Morgan fingerprint density at radius 1 is 1.39 bits per heavy atom. The van der Waals surface area contributed by atoms with Gasteiger partial charge in [0.1, 0.15) is 5.75 Å². The highest BCUT2D eigenvalue weighted by Crippen LogP contribution is 2.19. The summed E-state index contributed by atoms with van der Waals surface area (Å²) in [6, 6.07) is 7.81. The highest BCUT2D eigenvalue weighted by atomic mass is 16.5. The predicted octanol–water partition coefficient (Wildman–Crippen LogP) is 1.74. The van der Waals surface area contributed by atoms with Crippen LogP contribution in [0.25, 0.3) is 0 Å². The second-order valence-corrected chi connectivity index (χ2v) is 4.24. The van der Waals surface area contributed by atoms with Gasteiger partial charge in [-0.15, -0.1) is 0 Å². The van der Waals surface area contributed by atoms with E-state index >= 15 is 0 Å². The van der Waals surface area contributed by atoms with Crippen molar-refractivity contribution in [2.45, 2.75) is 25.9 Å². The minimum absolute atomic E-state index is 0.0453. The van der Waals surface area contributed by atoms with E-state index < -0.39 is 0 Å². The van der Waals surface area contributed by atoms with Crippen molar-refractivity contribution in [3.05, 3.63) is 29.8 Å². The van der Waals surface area contributed by atoms with Crippen molar-refractivity contribution < 1.29 is 14.6 Å². The number of hydrogen-bond acceptors (Lipinski definition) is 4. The van der Waals surface area contributed by atoms with Crippen LogP contribution in [0.3, 0.4) is 0 Å². The molecule has 1 aromatic carbocycles. The summed E-state index contributed by atoms with van der Waals surface area (Å²) in [7, 11) is 1.64. The molecule has 0 saturated heterocycles. The standard InChI is InChI=1S/C14H23NO3/c1-4-18-10-11(2)15-14(9-16)12-6-5-7-13(8-12)17-3/h5-8,11,14-16H,4,9-10H2,1-3H3. The van der Waals surface area contributed by atoms with Crippen LogP contribution in [0.5, 0.6) is 5.75 Å². The van der Waals surface area contributed by atoms with Crippen LogP contribution in [0.1, 0.15) is 25.5 Å². The Kier molecular flexibility index (Phi) is 6.72. The summed E-state index contributed by atoms with van der Waals surface area (Å²) < 4.78 is 10.5. The molecule has 2 unspecified atom stereocenters. The fourth-order valence-electron chi connectivity index (χ4n) is 1.80. The van der Waals surface area contributed by atoms with Gasteiger partial charge in [-0.05, 0) is 31.5 Å². The van der Waals surface area contributed by atoms with E-state index in [1.807, 2.05) is 38.1 Å². The molecule has 0 aromatic heterocycles. The molecule has 2 N–H and O–H groups in total. The summed E-state index contributed by atoms with van der Waals surface area (Å²) in [6.07, 6.45) is 0. The van der Waals surface area contributed by atoms with Crippen LogP contribution in [0, 0.1) is 0 Å². The second kappa shape index (κ2) is 8.08. The molecule has 4 nitrogen and oxygen atoms in total. The van der Waals surface area contributed by atoms with Gasteiger partial charge in [0.2, 0.25) is 0 Å². The Hall–Kier alpha value is -1.10. The van der Waals surface area contributed by atoms with Crippen LogP contribution in [-0.2, 0) is 4.74 Å². The molecule has 1 rings (SSSR count). The van der Waals surface area contributed by atoms with Crippen molar-refractivity contribution in [2.24, 2.45) is 0 Å². The van der Waals surface area contributed by atoms with Gasteiger partial charge in [0.15, 0.2) is 0 Å². The number of nitrogens with one attached hydrogen (secondary N) is 1. The first kappa shape index (κ1) is 15.0. The number of aliphatic hydroxyl groups is 1. The molecular weight excluding hydrogens is 230 g/mol. The van der Waals surface area contributed by atoms with Crippen molar-refractivity contribution in [3.63, 3.8) is 0 Å². The molecule has 2 atom stereocenters. The van der Waals surface area contributed by atoms with Gasteiger partial charge in [0.05, 0.1) is 26.4 Å². The number of methoxy groups -OCH3 is 1. The molecule has 0 bridgehead atoms. The van der Waals surface area contributed by atoms with Gasteiger partial charge in [-0.1, -0.05) is 12.1 Å². The van der Waals surface area contributed by atoms with E-state index in [1.165, 1.54) is 0 Å². The molecule has 1 aromatic rings. The fraction of sp³-hybridized carbons (Fsp3) is 0.571. The molecule has 18 heavy (non-hydrogen) atoms. The lowest BCUT2D eigenvalue weighted by Gasteiger charge is -2.22. The molecule has 0 amide bonds. The van der Waals surface area contributed by atoms with Crippen molar-refractivity contribution in [1.29, 1.82) is 0 Å². The number of hydrogen-bond donors (Lipinski definition) is 2. The maximum atomic E-state index is 9.47. The first-order valence-corrected chi connectivity index (χ1v) is 6.29. The van der Waals surface area contributed by atoms with Crippen molar-refractivity contribution in [1.82, 2.24) is 5.32 Å². The average Bonchev–Trinajstić information content (AvgIpc) is 2.42. The largest absolute Gasteiger partial charge is 0.497 e. The Bertz CT molecular complexity index is 344. The maximum Gasteiger partial charge on any atom is 0.119 e. The van der Waals surface area contributed by atoms with E-state index in [0.717, 1.165) is 11.3 Å². The summed E-state index contributed by atoms with van der Waals surface area (Å²) >= 11 is 0. The summed E-state index contributed by atoms with van der Waals surface area (Å²) in [6.45, 7) is 5.40. The summed E-state index contributed by atoms with van der Waals surface area (Å²) in [5.41, 5.74) is 1.01. The lowest BCUT2D eigenvalue weighted by atomic mass is 10.1. The van der Waals surface area contributed by atoms with Gasteiger partial charge >= 0.3 is 0 Å². The number of rotatable bonds is 8. The lowest BCUT2D eigenvalue weighted by molar-refractivity contribution is 0.117. The fourth-order valence-corrected chi connectivity index (χ4v) is 1.80. The van der Waals surface area contributed by atoms with Gasteiger partial charge in [0, 0.05) is 12.6 Å². The smallest absolute Gasteiger partial charge is 0.119 e. The zero-order valence-electron chi connectivity index (χ0n) is 11.3. The average molecular weight is 253 g/mol. The highest BCUT2D eigenvalue weighted by molar-refractivity contribution is 5.30. The molecule has 0 heterocycles. The SMILES string of the molecule is CCOCC(C)NC(CO)c1cccc(OC)c1. The Morgan fingerprint density at radius 2 is 2.17 bits per heavy atom. The molecule has 0 aliphatic carbocycles. The second-order valence-electron chi connectivity index (χ2n) is 4.24. The van der Waals surface area contributed by atoms with E-state index in [9.17, 15) is 5.11 Å². The van der Waals surface area contributed by atoms with Gasteiger partial charge in [-0.25, -0.2) is 0 Å². The summed E-state index contributed by atoms with van der Waals surface area (Å²) in [4.78, 5) is 0. The third kappa shape index (κ3) is 4.64. The van der Waals surface area contributed by atoms with Gasteiger partial charge in [-0.2, -0.15) is 0 Å². The topological polar surface area (TPSA) is 50.7 Å². The Morgan fingerprint density at radius 3 is 2.78 bits per heavy atom. The van der Waals surface area contributed by atoms with E-state index in [0.29, 0.717) is 13.2 Å². The molecule has 102 valence electrons. The van der Waals surface area contributed by atoms with E-state index in [1.54, 1.807) is 7.11 Å². The minimum Gasteiger partial charge on any atom is -0.497 e. The molecule has 0 spiro atoms. The van der Waals surface area contributed by atoms with Crippen molar-refractivity contribution in [3.8, 4) is 5.75 Å². The van der Waals surface area contributed by atoms with Crippen molar-refractivity contribution >= 4 is 0 Å². The first-order chi connectivity index (χ1) is 8.71. The molecule has 0 saturated carbocycles. The van der Waals surface area contributed by atoms with E-state index in [-0.39, 0.29) is 18.7 Å². The van der Waals surface area contributed by atoms with Crippen LogP contribution in [-0.4, -0.2) is 38.1 Å². The number of benzene rings is 1. The maximum absolute atomic E-state index is 9.47. The molecule has 0 aliphatic rings. The highest BCUT2D eigenvalue weighted by Gasteiger charge is 2.13. The van der Waals surface area contributed by atoms with E-state index in [4.69, 9.17) is 9.47 Å². The zero-order valence-corrected chi connectivity index (χ0v) is 11.3. The first-order valence-electron chi connectivity index (χ1n) is 6.29. The van der Waals surface area contributed by atoms with Crippen LogP contribution in [0.4, 0.5) is 0 Å². The zero-order chi connectivity index (χ0) is 13.4. The lowest BCUT2D eigenvalue weighted by Crippen LogP contribution is -2.35. The summed E-state index contributed by atoms with van der Waals surface area (Å²) in [5.74, 6) is 0.796. The minimum atomic E-state index is -0.101. The monoisotopic (exact) mass is 253 g/mol. The summed E-state index contributed by atoms with van der Waals surface area (Å²) in [5, 5.41) is 12.8. The van der Waals surface area contributed by atoms with Gasteiger partial charge in [-0.3, -0.25) is 0 Å². The van der Waals surface area contributed by atoms with Crippen molar-refractivity contribution in [2.75, 3.05) is 26.9 Å². The van der Waals surface area contributed by atoms with Crippen LogP contribution >= 0.6 is 0 Å². The van der Waals surface area contributed by atoms with Crippen LogP contribution < -0.4 is 10.1 Å². The molecule has 0 radical (unpaired) electrons. The quantitative estimate of drug-likeness (QED) is 0.741. The third-order valence-corrected chi connectivity index (χ3v) is 2.74. The number of ether oxygens (including phenoxy) is 2. The van der Waals surface area contributed by atoms with Gasteiger partial charge in [0.25, 0.3) is 0 Å². The van der Waals surface area contributed by atoms with Crippen LogP contribution in [0.2, 0.25) is 0 Å².